The van der Waals surface area contributed by atoms with Crippen molar-refractivity contribution in [1.82, 2.24) is 0 Å². The molecule has 3 heteroatoms. The molecule has 1 saturated carbocycles. The van der Waals surface area contributed by atoms with Crippen LogP contribution in [-0.4, -0.2) is 20.3 Å². The molecule has 0 bridgehead atoms. The molecule has 19 heavy (non-hydrogen) atoms. The molecular formula is C16H25NO2. The Morgan fingerprint density at radius 1 is 1.21 bits per heavy atom. The molecule has 1 fully saturated rings. The van der Waals surface area contributed by atoms with Crippen molar-refractivity contribution in [3.8, 4) is 11.5 Å². The van der Waals surface area contributed by atoms with Crippen LogP contribution < -0.4 is 15.2 Å². The van der Waals surface area contributed by atoms with Gasteiger partial charge in [0.1, 0.15) is 0 Å². The number of benzene rings is 1. The van der Waals surface area contributed by atoms with Gasteiger partial charge in [0, 0.05) is 0 Å². The fourth-order valence-corrected chi connectivity index (χ4v) is 3.03. The van der Waals surface area contributed by atoms with E-state index in [9.17, 15) is 0 Å². The average molecular weight is 263 g/mol. The Morgan fingerprint density at radius 2 is 1.89 bits per heavy atom. The molecule has 0 heterocycles. The number of nitrogens with two attached hydrogens (primary N) is 1. The van der Waals surface area contributed by atoms with Gasteiger partial charge in [-0.3, -0.25) is 0 Å². The van der Waals surface area contributed by atoms with E-state index in [4.69, 9.17) is 15.2 Å². The first-order valence-electron chi connectivity index (χ1n) is 7.31. The van der Waals surface area contributed by atoms with Crippen LogP contribution in [0.4, 0.5) is 0 Å². The Bertz CT molecular complexity index is 375. The summed E-state index contributed by atoms with van der Waals surface area (Å²) in [4.78, 5) is 0. The van der Waals surface area contributed by atoms with E-state index in [0.717, 1.165) is 37.0 Å². The lowest BCUT2D eigenvalue weighted by atomic mass is 9.88. The molecule has 1 aromatic rings. The molecule has 2 rings (SSSR count). The van der Waals surface area contributed by atoms with Crippen LogP contribution in [0.3, 0.4) is 0 Å². The minimum atomic E-state index is 0.609. The Balaban J connectivity index is 1.81. The van der Waals surface area contributed by atoms with Gasteiger partial charge < -0.3 is 15.2 Å². The molecule has 1 aliphatic rings. The van der Waals surface area contributed by atoms with Crippen LogP contribution in [0.2, 0.25) is 0 Å². The molecule has 0 aliphatic heterocycles. The van der Waals surface area contributed by atoms with E-state index >= 15 is 0 Å². The van der Waals surface area contributed by atoms with Crippen molar-refractivity contribution >= 4 is 0 Å². The monoisotopic (exact) mass is 263 g/mol. The summed E-state index contributed by atoms with van der Waals surface area (Å²) in [5.74, 6) is 3.04. The zero-order valence-corrected chi connectivity index (χ0v) is 11.8. The van der Waals surface area contributed by atoms with Gasteiger partial charge in [0.25, 0.3) is 0 Å². The fourth-order valence-electron chi connectivity index (χ4n) is 3.03. The summed E-state index contributed by atoms with van der Waals surface area (Å²) in [6.07, 6.45) is 6.47. The predicted molar refractivity (Wildman–Crippen MR) is 77.6 cm³/mol. The summed E-state index contributed by atoms with van der Waals surface area (Å²) in [5.41, 5.74) is 5.91. The minimum Gasteiger partial charge on any atom is -0.493 e. The maximum Gasteiger partial charge on any atom is 0.161 e. The van der Waals surface area contributed by atoms with Gasteiger partial charge in [0.2, 0.25) is 0 Å². The van der Waals surface area contributed by atoms with E-state index in [1.165, 1.54) is 25.7 Å². The molecule has 0 radical (unpaired) electrons. The summed E-state index contributed by atoms with van der Waals surface area (Å²) in [6.45, 7) is 1.50. The van der Waals surface area contributed by atoms with E-state index in [2.05, 4.69) is 0 Å². The number of ether oxygens (including phenoxy) is 2. The van der Waals surface area contributed by atoms with Crippen molar-refractivity contribution in [3.05, 3.63) is 24.3 Å². The van der Waals surface area contributed by atoms with Crippen molar-refractivity contribution in [3.63, 3.8) is 0 Å². The first-order valence-corrected chi connectivity index (χ1v) is 7.31. The highest BCUT2D eigenvalue weighted by atomic mass is 16.5. The molecule has 1 aliphatic carbocycles. The van der Waals surface area contributed by atoms with Crippen LogP contribution >= 0.6 is 0 Å². The highest BCUT2D eigenvalue weighted by molar-refractivity contribution is 5.39. The van der Waals surface area contributed by atoms with E-state index in [-0.39, 0.29) is 0 Å². The number of methoxy groups -OCH3 is 1. The van der Waals surface area contributed by atoms with Crippen LogP contribution in [0.1, 0.15) is 32.1 Å². The van der Waals surface area contributed by atoms with Crippen LogP contribution in [0.15, 0.2) is 24.3 Å². The van der Waals surface area contributed by atoms with Gasteiger partial charge in [-0.05, 0) is 36.9 Å². The lowest BCUT2D eigenvalue weighted by Crippen LogP contribution is -2.23. The maximum absolute atomic E-state index is 5.91. The molecule has 2 N–H and O–H groups in total. The van der Waals surface area contributed by atoms with Crippen molar-refractivity contribution in [1.29, 1.82) is 0 Å². The maximum atomic E-state index is 5.91. The Labute approximate surface area is 116 Å². The molecule has 1 atom stereocenters. The number of hydrogen-bond donors (Lipinski definition) is 1. The van der Waals surface area contributed by atoms with Gasteiger partial charge in [-0.15, -0.1) is 0 Å². The van der Waals surface area contributed by atoms with E-state index < -0.39 is 0 Å². The highest BCUT2D eigenvalue weighted by Gasteiger charge is 2.23. The van der Waals surface area contributed by atoms with Gasteiger partial charge >= 0.3 is 0 Å². The summed E-state index contributed by atoms with van der Waals surface area (Å²) in [6, 6.07) is 7.79. The molecule has 1 unspecified atom stereocenters. The van der Waals surface area contributed by atoms with Crippen LogP contribution in [0, 0.1) is 11.8 Å². The Hall–Kier alpha value is -1.22. The number of rotatable bonds is 7. The van der Waals surface area contributed by atoms with E-state index in [1.54, 1.807) is 7.11 Å². The van der Waals surface area contributed by atoms with Gasteiger partial charge in [0.05, 0.1) is 13.7 Å². The molecule has 0 spiro atoms. The van der Waals surface area contributed by atoms with Crippen LogP contribution in [0.5, 0.6) is 11.5 Å². The molecule has 0 saturated heterocycles. The zero-order chi connectivity index (χ0) is 13.5. The standard InChI is InChI=1S/C16H25NO2/c1-18-15-8-4-5-9-16(15)19-11-10-14(12-17)13-6-2-3-7-13/h4-5,8-9,13-14H,2-3,6-7,10-12,17H2,1H3. The van der Waals surface area contributed by atoms with Gasteiger partial charge in [-0.25, -0.2) is 0 Å². The number of hydrogen-bond acceptors (Lipinski definition) is 3. The summed E-state index contributed by atoms with van der Waals surface area (Å²) < 4.78 is 11.1. The second-order valence-electron chi connectivity index (χ2n) is 5.33. The third-order valence-corrected chi connectivity index (χ3v) is 4.18. The third kappa shape index (κ3) is 3.87. The van der Waals surface area contributed by atoms with Crippen molar-refractivity contribution in [2.24, 2.45) is 17.6 Å². The van der Waals surface area contributed by atoms with Gasteiger partial charge in [-0.1, -0.05) is 37.8 Å². The second kappa shape index (κ2) is 7.39. The molecule has 0 aromatic heterocycles. The molecule has 0 amide bonds. The Morgan fingerprint density at radius 3 is 2.53 bits per heavy atom. The smallest absolute Gasteiger partial charge is 0.161 e. The highest BCUT2D eigenvalue weighted by Crippen LogP contribution is 2.33. The summed E-state index contributed by atoms with van der Waals surface area (Å²) in [5, 5.41) is 0. The first-order chi connectivity index (χ1) is 9.35. The van der Waals surface area contributed by atoms with Crippen LogP contribution in [-0.2, 0) is 0 Å². The van der Waals surface area contributed by atoms with Crippen LogP contribution in [0.25, 0.3) is 0 Å². The van der Waals surface area contributed by atoms with Crippen molar-refractivity contribution in [2.75, 3.05) is 20.3 Å². The second-order valence-corrected chi connectivity index (χ2v) is 5.33. The van der Waals surface area contributed by atoms with E-state index in [1.807, 2.05) is 24.3 Å². The Kier molecular flexibility index (Phi) is 5.52. The van der Waals surface area contributed by atoms with E-state index in [0.29, 0.717) is 5.92 Å². The predicted octanol–water partition coefficient (Wildman–Crippen LogP) is 3.23. The van der Waals surface area contributed by atoms with Crippen molar-refractivity contribution in [2.45, 2.75) is 32.1 Å². The lowest BCUT2D eigenvalue weighted by molar-refractivity contribution is 0.232. The fraction of sp³-hybridized carbons (Fsp3) is 0.625. The topological polar surface area (TPSA) is 44.5 Å². The largest absolute Gasteiger partial charge is 0.493 e. The lowest BCUT2D eigenvalue weighted by Gasteiger charge is -2.22. The quantitative estimate of drug-likeness (QED) is 0.821. The van der Waals surface area contributed by atoms with Gasteiger partial charge in [-0.2, -0.15) is 0 Å². The normalized spacial score (nSPS) is 17.4. The number of para-hydroxylation sites is 2. The SMILES string of the molecule is COc1ccccc1OCCC(CN)C1CCCC1. The molecule has 3 nitrogen and oxygen atoms in total. The first kappa shape index (κ1) is 14.2. The molecule has 106 valence electrons. The third-order valence-electron chi connectivity index (χ3n) is 4.18. The molecule has 1 aromatic carbocycles. The zero-order valence-electron chi connectivity index (χ0n) is 11.8. The average Bonchev–Trinajstić information content (AvgIpc) is 2.98. The van der Waals surface area contributed by atoms with Gasteiger partial charge in [0.15, 0.2) is 11.5 Å². The summed E-state index contributed by atoms with van der Waals surface area (Å²) >= 11 is 0. The molecular weight excluding hydrogens is 238 g/mol. The summed E-state index contributed by atoms with van der Waals surface area (Å²) in [7, 11) is 1.67. The van der Waals surface area contributed by atoms with Crippen molar-refractivity contribution < 1.29 is 9.47 Å². The minimum absolute atomic E-state index is 0.609.